The van der Waals surface area contributed by atoms with E-state index in [9.17, 15) is 9.59 Å². The fourth-order valence-corrected chi connectivity index (χ4v) is 6.00. The smallest absolute Gasteiger partial charge is 0.258 e. The molecule has 2 aliphatic rings. The van der Waals surface area contributed by atoms with Gasteiger partial charge in [0.25, 0.3) is 11.8 Å². The lowest BCUT2D eigenvalue weighted by Crippen LogP contribution is -2.29. The topological polar surface area (TPSA) is 73.0 Å². The second-order valence-electron chi connectivity index (χ2n) is 9.79. The number of aryl methyl sites for hydroxylation is 1. The first-order chi connectivity index (χ1) is 19.2. The summed E-state index contributed by atoms with van der Waals surface area (Å²) in [5, 5.41) is 1.03. The predicted octanol–water partition coefficient (Wildman–Crippen LogP) is 5.91. The van der Waals surface area contributed by atoms with Crippen LogP contribution in [0.3, 0.4) is 0 Å². The van der Waals surface area contributed by atoms with Crippen LogP contribution in [0, 0.1) is 0 Å². The summed E-state index contributed by atoms with van der Waals surface area (Å²) in [5.74, 6) is -0.708. The number of imide groups is 1. The van der Waals surface area contributed by atoms with E-state index in [1.807, 2.05) is 48.7 Å². The molecule has 0 unspecified atom stereocenters. The quantitative estimate of drug-likeness (QED) is 0.279. The third kappa shape index (κ3) is 3.10. The molecule has 4 aromatic heterocycles. The standard InChI is InChI=1S/C32H21N5O2/c38-29-13-14-30(39)37(29)22-18-20(35-25-9-3-1-7-23(25)31-27(35)11-5-15-33-31)17-21(19-22)36-26-10-4-2-8-24(26)32-28(36)12-6-16-34-32/h1,3-7,9-19H,2,8H2. The fourth-order valence-electron chi connectivity index (χ4n) is 6.00. The van der Waals surface area contributed by atoms with Gasteiger partial charge in [-0.2, -0.15) is 0 Å². The Hall–Kier alpha value is -5.30. The first-order valence-corrected chi connectivity index (χ1v) is 12.9. The second-order valence-corrected chi connectivity index (χ2v) is 9.79. The molecule has 0 atom stereocenters. The van der Waals surface area contributed by atoms with E-state index in [1.165, 1.54) is 22.6 Å². The van der Waals surface area contributed by atoms with E-state index in [2.05, 4.69) is 50.5 Å². The summed E-state index contributed by atoms with van der Waals surface area (Å²) in [6, 6.07) is 22.0. The van der Waals surface area contributed by atoms with Gasteiger partial charge in [-0.1, -0.05) is 24.3 Å². The van der Waals surface area contributed by atoms with Crippen molar-refractivity contribution in [3.8, 4) is 11.4 Å². The number of para-hydroxylation sites is 1. The molecule has 39 heavy (non-hydrogen) atoms. The summed E-state index contributed by atoms with van der Waals surface area (Å²) in [6.45, 7) is 0. The zero-order chi connectivity index (χ0) is 26.1. The average Bonchev–Trinajstić information content (AvgIpc) is 3.61. The van der Waals surface area contributed by atoms with Crippen LogP contribution in [0.25, 0.3) is 50.4 Å². The number of aromatic nitrogens is 4. The largest absolute Gasteiger partial charge is 0.308 e. The number of allylic oxidation sites excluding steroid dienone is 1. The van der Waals surface area contributed by atoms with Crippen LogP contribution in [0.2, 0.25) is 0 Å². The van der Waals surface area contributed by atoms with Crippen LogP contribution in [0.4, 0.5) is 5.69 Å². The van der Waals surface area contributed by atoms with Gasteiger partial charge in [0.15, 0.2) is 0 Å². The van der Waals surface area contributed by atoms with Crippen molar-refractivity contribution in [1.29, 1.82) is 0 Å². The van der Waals surface area contributed by atoms with E-state index in [-0.39, 0.29) is 11.8 Å². The van der Waals surface area contributed by atoms with Crippen molar-refractivity contribution in [2.75, 3.05) is 4.90 Å². The molecule has 0 fully saturated rings. The molecule has 0 N–H and O–H groups in total. The molecule has 1 aliphatic heterocycles. The van der Waals surface area contributed by atoms with Crippen molar-refractivity contribution in [1.82, 2.24) is 19.1 Å². The normalized spacial score (nSPS) is 14.8. The van der Waals surface area contributed by atoms with Crippen molar-refractivity contribution >= 4 is 56.5 Å². The number of hydrogen-bond acceptors (Lipinski definition) is 4. The van der Waals surface area contributed by atoms with E-state index in [4.69, 9.17) is 4.98 Å². The van der Waals surface area contributed by atoms with Crippen molar-refractivity contribution in [3.05, 3.63) is 109 Å². The molecule has 0 bridgehead atoms. The minimum Gasteiger partial charge on any atom is -0.308 e. The Morgan fingerprint density at radius 2 is 1.28 bits per heavy atom. The lowest BCUT2D eigenvalue weighted by Gasteiger charge is -2.20. The summed E-state index contributed by atoms with van der Waals surface area (Å²) < 4.78 is 4.33. The molecule has 0 radical (unpaired) electrons. The number of carbonyl (C=O) groups is 2. The van der Waals surface area contributed by atoms with E-state index in [1.54, 1.807) is 6.20 Å². The van der Waals surface area contributed by atoms with Crippen molar-refractivity contribution < 1.29 is 9.59 Å². The SMILES string of the molecule is O=C1C=CC(=O)N1c1cc(-n2c3c(c4ncccc42)CCC=C3)cc(-n2c3ccccc3c3ncccc32)c1. The molecular weight excluding hydrogens is 486 g/mol. The monoisotopic (exact) mass is 507 g/mol. The van der Waals surface area contributed by atoms with Gasteiger partial charge in [0.2, 0.25) is 0 Å². The van der Waals surface area contributed by atoms with Gasteiger partial charge < -0.3 is 9.13 Å². The molecule has 8 rings (SSSR count). The summed E-state index contributed by atoms with van der Waals surface area (Å²) >= 11 is 0. The van der Waals surface area contributed by atoms with Gasteiger partial charge in [0, 0.05) is 35.5 Å². The first-order valence-electron chi connectivity index (χ1n) is 12.9. The molecule has 0 saturated heterocycles. The molecule has 0 spiro atoms. The Morgan fingerprint density at radius 1 is 0.641 bits per heavy atom. The van der Waals surface area contributed by atoms with Crippen LogP contribution in [-0.2, 0) is 16.0 Å². The Morgan fingerprint density at radius 3 is 2.08 bits per heavy atom. The Bertz CT molecular complexity index is 2010. The number of benzene rings is 2. The lowest BCUT2D eigenvalue weighted by atomic mass is 10.0. The number of rotatable bonds is 3. The lowest BCUT2D eigenvalue weighted by molar-refractivity contribution is -0.119. The number of anilines is 1. The van der Waals surface area contributed by atoms with Crippen molar-refractivity contribution in [2.24, 2.45) is 0 Å². The molecule has 5 heterocycles. The maximum absolute atomic E-state index is 12.8. The minimum absolute atomic E-state index is 0.354. The Labute approximate surface area is 222 Å². The highest BCUT2D eigenvalue weighted by atomic mass is 16.2. The molecule has 7 nitrogen and oxygen atoms in total. The van der Waals surface area contributed by atoms with Gasteiger partial charge in [0.05, 0.1) is 50.3 Å². The molecule has 0 saturated carbocycles. The maximum Gasteiger partial charge on any atom is 0.258 e. The molecule has 6 aromatic rings. The van der Waals surface area contributed by atoms with Crippen LogP contribution in [-0.4, -0.2) is 30.9 Å². The van der Waals surface area contributed by atoms with Gasteiger partial charge in [-0.05, 0) is 67.4 Å². The van der Waals surface area contributed by atoms with E-state index in [0.717, 1.165) is 62.9 Å². The van der Waals surface area contributed by atoms with Gasteiger partial charge >= 0.3 is 0 Å². The fraction of sp³-hybridized carbons (Fsp3) is 0.0625. The number of nitrogens with zero attached hydrogens (tertiary/aromatic N) is 5. The summed E-state index contributed by atoms with van der Waals surface area (Å²) in [4.78, 5) is 36.3. The van der Waals surface area contributed by atoms with E-state index >= 15 is 0 Å². The van der Waals surface area contributed by atoms with Crippen molar-refractivity contribution in [3.63, 3.8) is 0 Å². The third-order valence-corrected chi connectivity index (χ3v) is 7.60. The minimum atomic E-state index is -0.354. The van der Waals surface area contributed by atoms with Gasteiger partial charge in [-0.25, -0.2) is 4.90 Å². The zero-order valence-electron chi connectivity index (χ0n) is 20.8. The van der Waals surface area contributed by atoms with Gasteiger partial charge in [-0.15, -0.1) is 0 Å². The average molecular weight is 508 g/mol. The Balaban J connectivity index is 1.48. The van der Waals surface area contributed by atoms with Crippen molar-refractivity contribution in [2.45, 2.75) is 12.8 Å². The van der Waals surface area contributed by atoms with E-state index < -0.39 is 0 Å². The summed E-state index contributed by atoms with van der Waals surface area (Å²) in [7, 11) is 0. The molecule has 2 aromatic carbocycles. The highest BCUT2D eigenvalue weighted by molar-refractivity contribution is 6.28. The summed E-state index contributed by atoms with van der Waals surface area (Å²) in [5.41, 5.74) is 9.24. The number of hydrogen-bond donors (Lipinski definition) is 0. The van der Waals surface area contributed by atoms with E-state index in [0.29, 0.717) is 5.69 Å². The van der Waals surface area contributed by atoms with Gasteiger partial charge in [0.1, 0.15) is 0 Å². The van der Waals surface area contributed by atoms with Crippen LogP contribution < -0.4 is 4.90 Å². The highest BCUT2D eigenvalue weighted by Crippen LogP contribution is 2.37. The first kappa shape index (κ1) is 21.8. The zero-order valence-corrected chi connectivity index (χ0v) is 20.8. The maximum atomic E-state index is 12.8. The molecule has 1 aliphatic carbocycles. The van der Waals surface area contributed by atoms with Crippen LogP contribution in [0.15, 0.2) is 97.4 Å². The number of carbonyl (C=O) groups excluding carboxylic acids is 2. The number of pyridine rings is 2. The molecule has 186 valence electrons. The molecular formula is C32H21N5O2. The predicted molar refractivity (Wildman–Crippen MR) is 152 cm³/mol. The number of fused-ring (bicyclic) bond motifs is 6. The molecule has 7 heteroatoms. The van der Waals surface area contributed by atoms with Crippen LogP contribution in [0.5, 0.6) is 0 Å². The van der Waals surface area contributed by atoms with Crippen LogP contribution >= 0.6 is 0 Å². The Kier molecular flexibility index (Phi) is 4.52. The van der Waals surface area contributed by atoms with Crippen LogP contribution in [0.1, 0.15) is 17.7 Å². The highest BCUT2D eigenvalue weighted by Gasteiger charge is 2.28. The summed E-state index contributed by atoms with van der Waals surface area (Å²) in [6.07, 6.45) is 12.5. The van der Waals surface area contributed by atoms with Gasteiger partial charge in [-0.3, -0.25) is 19.6 Å². The third-order valence-electron chi connectivity index (χ3n) is 7.60. The number of amides is 2. The second kappa shape index (κ2) is 8.10. The molecule has 2 amide bonds.